The van der Waals surface area contributed by atoms with Crippen LogP contribution in [0.25, 0.3) is 0 Å². The number of nitrogens with one attached hydrogen (secondary N) is 1. The Morgan fingerprint density at radius 3 is 2.71 bits per heavy atom. The second kappa shape index (κ2) is 4.62. The molecule has 1 atom stereocenters. The molecule has 0 saturated carbocycles. The van der Waals surface area contributed by atoms with Crippen molar-refractivity contribution in [2.45, 2.75) is 25.7 Å². The first-order chi connectivity index (χ1) is 6.79. The van der Waals surface area contributed by atoms with Gasteiger partial charge in [0, 0.05) is 21.2 Å². The summed E-state index contributed by atoms with van der Waals surface area (Å²) in [5, 5.41) is 3.37. The number of hydrogen-bond acceptors (Lipinski definition) is 3. The van der Waals surface area contributed by atoms with Gasteiger partial charge in [-0.1, -0.05) is 0 Å². The van der Waals surface area contributed by atoms with Crippen LogP contribution in [0, 0.1) is 5.92 Å². The summed E-state index contributed by atoms with van der Waals surface area (Å²) in [6.45, 7) is 3.04. The van der Waals surface area contributed by atoms with Crippen LogP contribution in [0.15, 0.2) is 4.36 Å². The molecular weight excluding hydrogens is 196 g/mol. The molecule has 0 aromatic heterocycles. The number of nitrogens with zero attached hydrogens (tertiary/aromatic N) is 1. The van der Waals surface area contributed by atoms with Crippen molar-refractivity contribution in [3.8, 4) is 0 Å². The van der Waals surface area contributed by atoms with Crippen molar-refractivity contribution in [2.75, 3.05) is 31.1 Å². The quantitative estimate of drug-likeness (QED) is 0.755. The molecule has 2 saturated heterocycles. The Labute approximate surface area is 86.8 Å². The lowest BCUT2D eigenvalue weighted by atomic mass is 10.0. The van der Waals surface area contributed by atoms with Gasteiger partial charge >= 0.3 is 0 Å². The van der Waals surface area contributed by atoms with Crippen LogP contribution in [0.4, 0.5) is 0 Å². The fourth-order valence-corrected chi connectivity index (χ4v) is 4.46. The van der Waals surface area contributed by atoms with Gasteiger partial charge in [0.05, 0.1) is 6.54 Å². The van der Waals surface area contributed by atoms with Crippen molar-refractivity contribution in [3.05, 3.63) is 0 Å². The molecule has 2 aliphatic heterocycles. The van der Waals surface area contributed by atoms with Crippen molar-refractivity contribution < 1.29 is 4.21 Å². The molecule has 0 amide bonds. The second-order valence-electron chi connectivity index (χ2n) is 4.41. The molecule has 2 rings (SSSR count). The van der Waals surface area contributed by atoms with E-state index < -0.39 is 9.73 Å². The Balaban J connectivity index is 1.88. The van der Waals surface area contributed by atoms with Crippen LogP contribution in [0.1, 0.15) is 25.7 Å². The fraction of sp³-hybridized carbons (Fsp3) is 1.00. The lowest BCUT2D eigenvalue weighted by Gasteiger charge is -2.21. The number of rotatable bonds is 2. The zero-order valence-corrected chi connectivity index (χ0v) is 9.52. The molecule has 1 unspecified atom stereocenters. The number of hydrogen-bond donors (Lipinski definition) is 1. The summed E-state index contributed by atoms with van der Waals surface area (Å²) in [5.41, 5.74) is 0. The van der Waals surface area contributed by atoms with E-state index in [2.05, 4.69) is 9.68 Å². The third-order valence-electron chi connectivity index (χ3n) is 3.14. The van der Waals surface area contributed by atoms with Crippen molar-refractivity contribution >= 4 is 9.73 Å². The van der Waals surface area contributed by atoms with Crippen LogP contribution in [0.3, 0.4) is 0 Å². The standard InChI is InChI=1S/C10H20N2OS/c13-14(6-1-2-7-14)12-9-10-4-3-5-11-8-10/h10-11H,1-9H2. The molecule has 4 heteroatoms. The van der Waals surface area contributed by atoms with Gasteiger partial charge in [-0.15, -0.1) is 0 Å². The lowest BCUT2D eigenvalue weighted by Crippen LogP contribution is -2.31. The fourth-order valence-electron chi connectivity index (χ4n) is 2.21. The van der Waals surface area contributed by atoms with Gasteiger partial charge in [-0.05, 0) is 44.7 Å². The van der Waals surface area contributed by atoms with Crippen molar-refractivity contribution in [1.29, 1.82) is 0 Å². The first kappa shape index (κ1) is 10.4. The predicted octanol–water partition coefficient (Wildman–Crippen LogP) is 1.25. The summed E-state index contributed by atoms with van der Waals surface area (Å²) in [5.74, 6) is 2.35. The molecule has 3 nitrogen and oxygen atoms in total. The van der Waals surface area contributed by atoms with Crippen LogP contribution in [-0.2, 0) is 9.73 Å². The smallest absolute Gasteiger partial charge is 0.0524 e. The zero-order chi connectivity index (χ0) is 9.86. The molecule has 0 aliphatic carbocycles. The third kappa shape index (κ3) is 2.70. The maximum atomic E-state index is 12.0. The highest BCUT2D eigenvalue weighted by Gasteiger charge is 2.18. The van der Waals surface area contributed by atoms with E-state index in [0.29, 0.717) is 5.92 Å². The Morgan fingerprint density at radius 2 is 2.07 bits per heavy atom. The average molecular weight is 216 g/mol. The largest absolute Gasteiger partial charge is 0.316 e. The van der Waals surface area contributed by atoms with Gasteiger partial charge in [0.25, 0.3) is 0 Å². The van der Waals surface area contributed by atoms with Gasteiger partial charge in [0.1, 0.15) is 0 Å². The summed E-state index contributed by atoms with van der Waals surface area (Å²) in [7, 11) is -1.76. The molecule has 2 fully saturated rings. The van der Waals surface area contributed by atoms with E-state index in [1.54, 1.807) is 0 Å². The molecular formula is C10H20N2OS. The molecule has 82 valence electrons. The summed E-state index contributed by atoms with van der Waals surface area (Å²) < 4.78 is 16.5. The normalized spacial score (nSPS) is 31.6. The van der Waals surface area contributed by atoms with Crippen molar-refractivity contribution in [3.63, 3.8) is 0 Å². The predicted molar refractivity (Wildman–Crippen MR) is 60.0 cm³/mol. The van der Waals surface area contributed by atoms with Gasteiger partial charge < -0.3 is 5.32 Å². The lowest BCUT2D eigenvalue weighted by molar-refractivity contribution is 0.387. The second-order valence-corrected chi connectivity index (χ2v) is 7.03. The maximum absolute atomic E-state index is 12.0. The van der Waals surface area contributed by atoms with Crippen molar-refractivity contribution in [1.82, 2.24) is 5.32 Å². The van der Waals surface area contributed by atoms with E-state index in [-0.39, 0.29) is 0 Å². The third-order valence-corrected chi connectivity index (χ3v) is 5.62. The van der Waals surface area contributed by atoms with Crippen LogP contribution >= 0.6 is 0 Å². The van der Waals surface area contributed by atoms with E-state index in [9.17, 15) is 4.21 Å². The minimum atomic E-state index is -1.76. The van der Waals surface area contributed by atoms with E-state index in [1.165, 1.54) is 12.8 Å². The van der Waals surface area contributed by atoms with Gasteiger partial charge in [-0.3, -0.25) is 0 Å². The molecule has 1 N–H and O–H groups in total. The van der Waals surface area contributed by atoms with Crippen LogP contribution < -0.4 is 5.32 Å². The molecule has 14 heavy (non-hydrogen) atoms. The summed E-state index contributed by atoms with van der Waals surface area (Å²) in [6, 6.07) is 0. The summed E-state index contributed by atoms with van der Waals surface area (Å²) >= 11 is 0. The molecule has 0 aromatic carbocycles. The van der Waals surface area contributed by atoms with E-state index in [0.717, 1.165) is 44.0 Å². The van der Waals surface area contributed by atoms with E-state index in [1.807, 2.05) is 0 Å². The van der Waals surface area contributed by atoms with Crippen LogP contribution in [0.2, 0.25) is 0 Å². The van der Waals surface area contributed by atoms with Gasteiger partial charge in [0.2, 0.25) is 0 Å². The highest BCUT2D eigenvalue weighted by atomic mass is 32.2. The molecule has 0 radical (unpaired) electrons. The molecule has 0 bridgehead atoms. The molecule has 2 heterocycles. The minimum absolute atomic E-state index is 0.641. The topological polar surface area (TPSA) is 41.5 Å². The van der Waals surface area contributed by atoms with Gasteiger partial charge in [-0.25, -0.2) is 8.57 Å². The number of piperidine rings is 1. The monoisotopic (exact) mass is 216 g/mol. The SMILES string of the molecule is O=S1(=NCC2CCCNC2)CCCC1. The molecule has 0 spiro atoms. The average Bonchev–Trinajstić information content (AvgIpc) is 2.65. The van der Waals surface area contributed by atoms with Gasteiger partial charge in [0.15, 0.2) is 0 Å². The van der Waals surface area contributed by atoms with Crippen LogP contribution in [0.5, 0.6) is 0 Å². The van der Waals surface area contributed by atoms with Crippen molar-refractivity contribution in [2.24, 2.45) is 10.3 Å². The first-order valence-corrected chi connectivity index (χ1v) is 7.53. The minimum Gasteiger partial charge on any atom is -0.316 e. The Kier molecular flexibility index (Phi) is 3.44. The Hall–Kier alpha value is -0.0900. The summed E-state index contributed by atoms with van der Waals surface area (Å²) in [6.07, 6.45) is 4.74. The molecule has 0 aromatic rings. The first-order valence-electron chi connectivity index (χ1n) is 5.67. The highest BCUT2D eigenvalue weighted by Crippen LogP contribution is 2.16. The van der Waals surface area contributed by atoms with E-state index >= 15 is 0 Å². The van der Waals surface area contributed by atoms with Crippen LogP contribution in [-0.4, -0.2) is 35.3 Å². The zero-order valence-electron chi connectivity index (χ0n) is 8.71. The molecule has 2 aliphatic rings. The maximum Gasteiger partial charge on any atom is 0.0524 e. The van der Waals surface area contributed by atoms with E-state index in [4.69, 9.17) is 0 Å². The van der Waals surface area contributed by atoms with Gasteiger partial charge in [-0.2, -0.15) is 0 Å². The Morgan fingerprint density at radius 1 is 1.29 bits per heavy atom. The Bertz CT molecular complexity index is 276. The highest BCUT2D eigenvalue weighted by molar-refractivity contribution is 7.93. The summed E-state index contributed by atoms with van der Waals surface area (Å²) in [4.78, 5) is 0.